The third-order valence-electron chi connectivity index (χ3n) is 3.80. The zero-order valence-electron chi connectivity index (χ0n) is 11.0. The predicted octanol–water partition coefficient (Wildman–Crippen LogP) is 0.830. The summed E-state index contributed by atoms with van der Waals surface area (Å²) < 4.78 is 0. The Balaban J connectivity index is 2.03. The molecule has 5 nitrogen and oxygen atoms in total. The lowest BCUT2D eigenvalue weighted by Gasteiger charge is -2.20. The molecule has 2 aliphatic rings. The molecule has 1 aliphatic carbocycles. The molecule has 0 radical (unpaired) electrons. The summed E-state index contributed by atoms with van der Waals surface area (Å²) in [5, 5.41) is 2.70. The van der Waals surface area contributed by atoms with E-state index in [1.165, 1.54) is 0 Å². The molecule has 1 spiro atoms. The van der Waals surface area contributed by atoms with Gasteiger partial charge in [0.1, 0.15) is 6.54 Å². The van der Waals surface area contributed by atoms with Gasteiger partial charge < -0.3 is 5.32 Å². The summed E-state index contributed by atoms with van der Waals surface area (Å²) in [5.74, 6) is -0.591. The van der Waals surface area contributed by atoms with Gasteiger partial charge in [-0.05, 0) is 26.7 Å². The van der Waals surface area contributed by atoms with Gasteiger partial charge in [-0.1, -0.05) is 12.8 Å². The van der Waals surface area contributed by atoms with Crippen molar-refractivity contribution in [3.63, 3.8) is 0 Å². The Hall–Kier alpha value is -1.39. The van der Waals surface area contributed by atoms with Crippen LogP contribution in [-0.4, -0.2) is 35.2 Å². The van der Waals surface area contributed by atoms with Crippen LogP contribution in [0, 0.1) is 5.41 Å². The Labute approximate surface area is 107 Å². The summed E-state index contributed by atoms with van der Waals surface area (Å²) in [4.78, 5) is 37.0. The van der Waals surface area contributed by atoms with Gasteiger partial charge in [0.2, 0.25) is 17.7 Å². The fourth-order valence-corrected chi connectivity index (χ4v) is 2.97. The van der Waals surface area contributed by atoms with Crippen molar-refractivity contribution in [2.75, 3.05) is 6.54 Å². The van der Waals surface area contributed by atoms with E-state index in [0.717, 1.165) is 30.6 Å². The molecule has 100 valence electrons. The fourth-order valence-electron chi connectivity index (χ4n) is 2.97. The number of imide groups is 1. The molecule has 18 heavy (non-hydrogen) atoms. The lowest BCUT2D eigenvalue weighted by Crippen LogP contribution is -2.43. The van der Waals surface area contributed by atoms with Crippen LogP contribution in [0.25, 0.3) is 0 Å². The average molecular weight is 252 g/mol. The largest absolute Gasteiger partial charge is 0.352 e. The van der Waals surface area contributed by atoms with Crippen molar-refractivity contribution in [3.8, 4) is 0 Å². The van der Waals surface area contributed by atoms with Crippen molar-refractivity contribution in [1.82, 2.24) is 10.2 Å². The molecule has 0 unspecified atom stereocenters. The minimum atomic E-state index is -0.477. The minimum absolute atomic E-state index is 0.0192. The highest BCUT2D eigenvalue weighted by Gasteiger charge is 2.52. The second-order valence-corrected chi connectivity index (χ2v) is 5.67. The Morgan fingerprint density at radius 1 is 1.33 bits per heavy atom. The number of nitrogens with one attached hydrogen (secondary N) is 1. The summed E-state index contributed by atoms with van der Waals surface area (Å²) in [6.07, 6.45) is 3.89. The summed E-state index contributed by atoms with van der Waals surface area (Å²) in [5.41, 5.74) is -0.477. The Bertz CT molecular complexity index is 384. The molecule has 3 amide bonds. The van der Waals surface area contributed by atoms with Gasteiger partial charge in [-0.2, -0.15) is 0 Å². The van der Waals surface area contributed by atoms with E-state index >= 15 is 0 Å². The van der Waals surface area contributed by atoms with Gasteiger partial charge in [0.15, 0.2) is 0 Å². The molecule has 2 rings (SSSR count). The van der Waals surface area contributed by atoms with Crippen LogP contribution in [0.3, 0.4) is 0 Å². The zero-order chi connectivity index (χ0) is 13.3. The fraction of sp³-hybridized carbons (Fsp3) is 0.769. The lowest BCUT2D eigenvalue weighted by molar-refractivity contribution is -0.144. The molecule has 1 heterocycles. The van der Waals surface area contributed by atoms with E-state index < -0.39 is 5.41 Å². The van der Waals surface area contributed by atoms with Crippen LogP contribution in [0.1, 0.15) is 46.0 Å². The highest BCUT2D eigenvalue weighted by Crippen LogP contribution is 2.46. The van der Waals surface area contributed by atoms with Crippen molar-refractivity contribution in [2.45, 2.75) is 52.0 Å². The van der Waals surface area contributed by atoms with E-state index in [4.69, 9.17) is 0 Å². The van der Waals surface area contributed by atoms with E-state index in [2.05, 4.69) is 5.32 Å². The SMILES string of the molecule is CC(C)NC(=O)CN1C(=O)CC2(CCCC2)C1=O. The molecule has 1 saturated heterocycles. The van der Waals surface area contributed by atoms with E-state index in [9.17, 15) is 14.4 Å². The van der Waals surface area contributed by atoms with Gasteiger partial charge in [0.25, 0.3) is 0 Å². The second-order valence-electron chi connectivity index (χ2n) is 5.67. The van der Waals surface area contributed by atoms with Crippen LogP contribution in [0.15, 0.2) is 0 Å². The van der Waals surface area contributed by atoms with Gasteiger partial charge >= 0.3 is 0 Å². The Morgan fingerprint density at radius 3 is 2.50 bits per heavy atom. The lowest BCUT2D eigenvalue weighted by atomic mass is 9.84. The van der Waals surface area contributed by atoms with Crippen molar-refractivity contribution < 1.29 is 14.4 Å². The van der Waals surface area contributed by atoms with E-state index in [0.29, 0.717) is 6.42 Å². The highest BCUT2D eigenvalue weighted by atomic mass is 16.2. The molecule has 5 heteroatoms. The minimum Gasteiger partial charge on any atom is -0.352 e. The first-order valence-electron chi connectivity index (χ1n) is 6.59. The van der Waals surface area contributed by atoms with Gasteiger partial charge in [-0.25, -0.2) is 0 Å². The molecule has 0 bridgehead atoms. The number of hydrogen-bond donors (Lipinski definition) is 1. The number of carbonyl (C=O) groups excluding carboxylic acids is 3. The monoisotopic (exact) mass is 252 g/mol. The number of nitrogens with zero attached hydrogens (tertiary/aromatic N) is 1. The number of rotatable bonds is 3. The Kier molecular flexibility index (Phi) is 3.41. The van der Waals surface area contributed by atoms with Crippen LogP contribution < -0.4 is 5.32 Å². The van der Waals surface area contributed by atoms with Gasteiger partial charge in [-0.3, -0.25) is 19.3 Å². The standard InChI is InChI=1S/C13H20N2O3/c1-9(2)14-10(16)8-15-11(17)7-13(12(15)18)5-3-4-6-13/h9H,3-8H2,1-2H3,(H,14,16). The Morgan fingerprint density at radius 2 is 1.94 bits per heavy atom. The third kappa shape index (κ3) is 2.26. The van der Waals surface area contributed by atoms with Gasteiger partial charge in [-0.15, -0.1) is 0 Å². The average Bonchev–Trinajstić information content (AvgIpc) is 2.80. The van der Waals surface area contributed by atoms with Crippen LogP contribution in [-0.2, 0) is 14.4 Å². The molecule has 0 aromatic heterocycles. The molecule has 0 atom stereocenters. The summed E-state index contributed by atoms with van der Waals surface area (Å²) in [6.45, 7) is 3.57. The summed E-state index contributed by atoms with van der Waals surface area (Å²) in [7, 11) is 0. The normalized spacial score (nSPS) is 22.3. The van der Waals surface area contributed by atoms with E-state index in [1.807, 2.05) is 13.8 Å². The molecular weight excluding hydrogens is 232 g/mol. The molecule has 1 N–H and O–H groups in total. The zero-order valence-corrected chi connectivity index (χ0v) is 11.0. The van der Waals surface area contributed by atoms with Gasteiger partial charge in [0.05, 0.1) is 5.41 Å². The number of amides is 3. The number of likely N-dealkylation sites (tertiary alicyclic amines) is 1. The van der Waals surface area contributed by atoms with Crippen molar-refractivity contribution in [3.05, 3.63) is 0 Å². The van der Waals surface area contributed by atoms with Crippen LogP contribution >= 0.6 is 0 Å². The molecule has 1 saturated carbocycles. The summed E-state index contributed by atoms with van der Waals surface area (Å²) >= 11 is 0. The molecular formula is C13H20N2O3. The first kappa shape index (κ1) is 13.1. The van der Waals surface area contributed by atoms with Crippen molar-refractivity contribution in [2.24, 2.45) is 5.41 Å². The predicted molar refractivity (Wildman–Crippen MR) is 65.5 cm³/mol. The highest BCUT2D eigenvalue weighted by molar-refractivity contribution is 6.08. The van der Waals surface area contributed by atoms with E-state index in [1.54, 1.807) is 0 Å². The van der Waals surface area contributed by atoms with Crippen molar-refractivity contribution >= 4 is 17.7 Å². The van der Waals surface area contributed by atoms with Crippen molar-refractivity contribution in [1.29, 1.82) is 0 Å². The maximum atomic E-state index is 12.3. The quantitative estimate of drug-likeness (QED) is 0.757. The molecule has 1 aliphatic heterocycles. The molecule has 0 aromatic carbocycles. The third-order valence-corrected chi connectivity index (χ3v) is 3.80. The van der Waals surface area contributed by atoms with Crippen LogP contribution in [0.2, 0.25) is 0 Å². The van der Waals surface area contributed by atoms with Crippen LogP contribution in [0.4, 0.5) is 0 Å². The topological polar surface area (TPSA) is 66.5 Å². The molecule has 0 aromatic rings. The maximum Gasteiger partial charge on any atom is 0.240 e. The smallest absolute Gasteiger partial charge is 0.240 e. The number of carbonyl (C=O) groups is 3. The molecule has 2 fully saturated rings. The first-order chi connectivity index (χ1) is 8.44. The first-order valence-corrected chi connectivity index (χ1v) is 6.59. The van der Waals surface area contributed by atoms with Gasteiger partial charge in [0, 0.05) is 12.5 Å². The van der Waals surface area contributed by atoms with E-state index in [-0.39, 0.29) is 30.3 Å². The second kappa shape index (κ2) is 4.71. The number of hydrogen-bond acceptors (Lipinski definition) is 3. The van der Waals surface area contributed by atoms with Crippen LogP contribution in [0.5, 0.6) is 0 Å². The summed E-state index contributed by atoms with van der Waals surface area (Å²) in [6, 6.07) is 0.0192. The maximum absolute atomic E-state index is 12.3.